The van der Waals surface area contributed by atoms with Gasteiger partial charge in [0.2, 0.25) is 5.95 Å². The molecule has 0 aromatic carbocycles. The molecule has 2 rings (SSSR count). The third kappa shape index (κ3) is 3.16. The van der Waals surface area contributed by atoms with Gasteiger partial charge in [0.05, 0.1) is 0 Å². The van der Waals surface area contributed by atoms with Crippen LogP contribution in [-0.4, -0.2) is 29.6 Å². The van der Waals surface area contributed by atoms with Crippen LogP contribution in [0.1, 0.15) is 18.4 Å². The highest BCUT2D eigenvalue weighted by Gasteiger charge is 2.12. The smallest absolute Gasteiger partial charge is 0.222 e. The van der Waals surface area contributed by atoms with Gasteiger partial charge in [-0.2, -0.15) is 0 Å². The average molecular weight is 206 g/mol. The van der Waals surface area contributed by atoms with Gasteiger partial charge in [0.25, 0.3) is 0 Å². The maximum absolute atomic E-state index is 4.22. The molecule has 0 bridgehead atoms. The van der Waals surface area contributed by atoms with Crippen LogP contribution in [0, 0.1) is 12.8 Å². The predicted molar refractivity (Wildman–Crippen MR) is 60.9 cm³/mol. The van der Waals surface area contributed by atoms with E-state index < -0.39 is 0 Å². The third-order valence-corrected chi connectivity index (χ3v) is 2.79. The summed E-state index contributed by atoms with van der Waals surface area (Å²) in [5.41, 5.74) is 1.10. The van der Waals surface area contributed by atoms with Crippen LogP contribution in [0.4, 0.5) is 5.95 Å². The number of nitrogens with one attached hydrogen (secondary N) is 2. The lowest BCUT2D eigenvalue weighted by Crippen LogP contribution is -2.31. The van der Waals surface area contributed by atoms with Crippen LogP contribution in [0.25, 0.3) is 0 Å². The molecule has 2 N–H and O–H groups in total. The van der Waals surface area contributed by atoms with Gasteiger partial charge in [-0.1, -0.05) is 0 Å². The second-order valence-corrected chi connectivity index (χ2v) is 4.16. The minimum atomic E-state index is 0.749. The Hall–Kier alpha value is -1.16. The van der Waals surface area contributed by atoms with Crippen molar-refractivity contribution in [3.8, 4) is 0 Å². The van der Waals surface area contributed by atoms with E-state index in [1.54, 1.807) is 0 Å². The van der Waals surface area contributed by atoms with Crippen molar-refractivity contribution in [2.45, 2.75) is 19.8 Å². The molecule has 0 spiro atoms. The molecule has 1 aromatic rings. The Bertz CT molecular complexity index is 290. The van der Waals surface area contributed by atoms with E-state index in [4.69, 9.17) is 0 Å². The summed E-state index contributed by atoms with van der Waals surface area (Å²) in [6.45, 7) is 5.27. The number of hydrogen-bond acceptors (Lipinski definition) is 4. The molecule has 82 valence electrons. The van der Waals surface area contributed by atoms with E-state index in [1.807, 2.05) is 19.3 Å². The predicted octanol–water partition coefficient (Wildman–Crippen LogP) is 1.20. The van der Waals surface area contributed by atoms with Crippen LogP contribution < -0.4 is 10.6 Å². The number of rotatable bonds is 3. The van der Waals surface area contributed by atoms with Crippen molar-refractivity contribution in [2.75, 3.05) is 25.0 Å². The molecule has 0 amide bonds. The molecule has 1 fully saturated rings. The number of aromatic nitrogens is 2. The summed E-state index contributed by atoms with van der Waals surface area (Å²) in [4.78, 5) is 8.45. The lowest BCUT2D eigenvalue weighted by Gasteiger charge is -2.22. The highest BCUT2D eigenvalue weighted by molar-refractivity contribution is 5.24. The van der Waals surface area contributed by atoms with E-state index in [2.05, 4.69) is 20.6 Å². The van der Waals surface area contributed by atoms with Gasteiger partial charge in [-0.25, -0.2) is 9.97 Å². The Balaban J connectivity index is 1.79. The minimum Gasteiger partial charge on any atom is -0.354 e. The molecule has 1 saturated heterocycles. The highest BCUT2D eigenvalue weighted by Crippen LogP contribution is 2.11. The molecule has 1 aliphatic heterocycles. The maximum atomic E-state index is 4.22. The normalized spacial score (nSPS) is 17.7. The summed E-state index contributed by atoms with van der Waals surface area (Å²) in [7, 11) is 0. The minimum absolute atomic E-state index is 0.749. The van der Waals surface area contributed by atoms with Crippen molar-refractivity contribution in [3.05, 3.63) is 18.0 Å². The number of hydrogen-bond donors (Lipinski definition) is 2. The van der Waals surface area contributed by atoms with Crippen LogP contribution in [0.3, 0.4) is 0 Å². The van der Waals surface area contributed by atoms with Gasteiger partial charge in [0.15, 0.2) is 0 Å². The van der Waals surface area contributed by atoms with Crippen LogP contribution >= 0.6 is 0 Å². The van der Waals surface area contributed by atoms with Crippen molar-refractivity contribution < 1.29 is 0 Å². The summed E-state index contributed by atoms with van der Waals surface area (Å²) >= 11 is 0. The SMILES string of the molecule is Cc1cnc(NCC2CCNCC2)nc1. The molecular weight excluding hydrogens is 188 g/mol. The molecule has 0 aliphatic carbocycles. The summed E-state index contributed by atoms with van der Waals surface area (Å²) in [6, 6.07) is 0. The Morgan fingerprint density at radius 3 is 2.67 bits per heavy atom. The number of nitrogens with zero attached hydrogens (tertiary/aromatic N) is 2. The van der Waals surface area contributed by atoms with E-state index in [1.165, 1.54) is 12.8 Å². The molecule has 0 atom stereocenters. The number of anilines is 1. The van der Waals surface area contributed by atoms with Gasteiger partial charge in [-0.3, -0.25) is 0 Å². The standard InChI is InChI=1S/C11H18N4/c1-9-6-13-11(14-7-9)15-8-10-2-4-12-5-3-10/h6-7,10,12H,2-5,8H2,1H3,(H,13,14,15). The lowest BCUT2D eigenvalue weighted by atomic mass is 9.98. The van der Waals surface area contributed by atoms with Crippen LogP contribution in [0.2, 0.25) is 0 Å². The Kier molecular flexibility index (Phi) is 3.50. The lowest BCUT2D eigenvalue weighted by molar-refractivity contribution is 0.389. The molecule has 0 radical (unpaired) electrons. The summed E-state index contributed by atoms with van der Waals surface area (Å²) in [5.74, 6) is 1.51. The van der Waals surface area contributed by atoms with Crippen molar-refractivity contribution in [1.29, 1.82) is 0 Å². The summed E-state index contributed by atoms with van der Waals surface area (Å²) < 4.78 is 0. The van der Waals surface area contributed by atoms with Gasteiger partial charge in [0, 0.05) is 18.9 Å². The zero-order valence-corrected chi connectivity index (χ0v) is 9.16. The van der Waals surface area contributed by atoms with Crippen LogP contribution in [-0.2, 0) is 0 Å². The fourth-order valence-electron chi connectivity index (χ4n) is 1.81. The number of aryl methyl sites for hydroxylation is 1. The first-order valence-corrected chi connectivity index (χ1v) is 5.58. The fourth-order valence-corrected chi connectivity index (χ4v) is 1.81. The largest absolute Gasteiger partial charge is 0.354 e. The molecule has 1 aromatic heterocycles. The second-order valence-electron chi connectivity index (χ2n) is 4.16. The van der Waals surface area contributed by atoms with Gasteiger partial charge in [0.1, 0.15) is 0 Å². The van der Waals surface area contributed by atoms with Gasteiger partial charge < -0.3 is 10.6 Å². The highest BCUT2D eigenvalue weighted by atomic mass is 15.1. The van der Waals surface area contributed by atoms with E-state index >= 15 is 0 Å². The van der Waals surface area contributed by atoms with Gasteiger partial charge >= 0.3 is 0 Å². The summed E-state index contributed by atoms with van der Waals surface area (Å²) in [5, 5.41) is 6.65. The second kappa shape index (κ2) is 5.07. The van der Waals surface area contributed by atoms with Crippen LogP contribution in [0.15, 0.2) is 12.4 Å². The topological polar surface area (TPSA) is 49.8 Å². The van der Waals surface area contributed by atoms with E-state index in [-0.39, 0.29) is 0 Å². The quantitative estimate of drug-likeness (QED) is 0.780. The van der Waals surface area contributed by atoms with Crippen molar-refractivity contribution >= 4 is 5.95 Å². The van der Waals surface area contributed by atoms with Crippen LogP contribution in [0.5, 0.6) is 0 Å². The molecule has 1 aliphatic rings. The molecule has 15 heavy (non-hydrogen) atoms. The first kappa shape index (κ1) is 10.4. The Morgan fingerprint density at radius 2 is 2.00 bits per heavy atom. The monoisotopic (exact) mass is 206 g/mol. The van der Waals surface area contributed by atoms with Gasteiger partial charge in [-0.05, 0) is 44.3 Å². The van der Waals surface area contributed by atoms with E-state index in [0.717, 1.165) is 37.1 Å². The maximum Gasteiger partial charge on any atom is 0.222 e. The number of piperidine rings is 1. The molecule has 4 heteroatoms. The molecule has 4 nitrogen and oxygen atoms in total. The zero-order chi connectivity index (χ0) is 10.5. The first-order chi connectivity index (χ1) is 7.34. The summed E-state index contributed by atoms with van der Waals surface area (Å²) in [6.07, 6.45) is 6.19. The van der Waals surface area contributed by atoms with E-state index in [0.29, 0.717) is 0 Å². The zero-order valence-electron chi connectivity index (χ0n) is 9.16. The van der Waals surface area contributed by atoms with Gasteiger partial charge in [-0.15, -0.1) is 0 Å². The molecule has 0 unspecified atom stereocenters. The average Bonchev–Trinajstić information content (AvgIpc) is 2.30. The molecule has 2 heterocycles. The van der Waals surface area contributed by atoms with Crippen molar-refractivity contribution in [2.24, 2.45) is 5.92 Å². The van der Waals surface area contributed by atoms with E-state index in [9.17, 15) is 0 Å². The van der Waals surface area contributed by atoms with Crippen molar-refractivity contribution in [1.82, 2.24) is 15.3 Å². The molecule has 0 saturated carbocycles. The fraction of sp³-hybridized carbons (Fsp3) is 0.636. The Morgan fingerprint density at radius 1 is 1.33 bits per heavy atom. The Labute approximate surface area is 90.5 Å². The third-order valence-electron chi connectivity index (χ3n) is 2.79. The van der Waals surface area contributed by atoms with Crippen molar-refractivity contribution in [3.63, 3.8) is 0 Å². The molecular formula is C11H18N4. The first-order valence-electron chi connectivity index (χ1n) is 5.58.